The molecule has 194 valence electrons. The molecular formula is C30H46O4Si. The summed E-state index contributed by atoms with van der Waals surface area (Å²) in [7, 11) is -0.875. The van der Waals surface area contributed by atoms with Crippen LogP contribution in [0.3, 0.4) is 0 Å². The Bertz CT molecular complexity index is 778. The SMILES string of the molecule is COCOC(=O)CCCCCCCCCCCO[Si](c1ccccc1)(c1ccccc1)C(C)(C)C. The largest absolute Gasteiger partial charge is 0.438 e. The van der Waals surface area contributed by atoms with Gasteiger partial charge in [0.25, 0.3) is 8.32 Å². The maximum absolute atomic E-state index is 11.4. The second-order valence-electron chi connectivity index (χ2n) is 10.4. The minimum absolute atomic E-state index is 0.0379. The van der Waals surface area contributed by atoms with E-state index in [0.717, 1.165) is 25.9 Å². The van der Waals surface area contributed by atoms with Gasteiger partial charge in [0.1, 0.15) is 0 Å². The summed E-state index contributed by atoms with van der Waals surface area (Å²) in [6, 6.07) is 21.8. The topological polar surface area (TPSA) is 44.8 Å². The molecule has 0 saturated carbocycles. The summed E-state index contributed by atoms with van der Waals surface area (Å²) in [5.74, 6) is -0.160. The molecule has 0 heterocycles. The van der Waals surface area contributed by atoms with E-state index in [9.17, 15) is 4.79 Å². The number of esters is 1. The Morgan fingerprint density at radius 1 is 0.714 bits per heavy atom. The van der Waals surface area contributed by atoms with Crippen LogP contribution < -0.4 is 10.4 Å². The number of hydrogen-bond acceptors (Lipinski definition) is 4. The number of rotatable bonds is 17. The van der Waals surface area contributed by atoms with Crippen LogP contribution in [0.25, 0.3) is 0 Å². The molecule has 2 rings (SSSR count). The van der Waals surface area contributed by atoms with Gasteiger partial charge in [-0.1, -0.05) is 126 Å². The number of benzene rings is 2. The second kappa shape index (κ2) is 15.9. The van der Waals surface area contributed by atoms with Crippen molar-refractivity contribution in [1.82, 2.24) is 0 Å². The fraction of sp³-hybridized carbons (Fsp3) is 0.567. The fourth-order valence-electron chi connectivity index (χ4n) is 4.79. The summed E-state index contributed by atoms with van der Waals surface area (Å²) in [4.78, 5) is 11.4. The highest BCUT2D eigenvalue weighted by atomic mass is 28.4. The van der Waals surface area contributed by atoms with Crippen molar-refractivity contribution in [2.45, 2.75) is 90.0 Å². The predicted octanol–water partition coefficient (Wildman–Crippen LogP) is 6.61. The smallest absolute Gasteiger partial charge is 0.307 e. The predicted molar refractivity (Wildman–Crippen MR) is 148 cm³/mol. The third kappa shape index (κ3) is 9.55. The molecule has 0 unspecified atom stereocenters. The van der Waals surface area contributed by atoms with Crippen molar-refractivity contribution in [2.24, 2.45) is 0 Å². The molecule has 0 aromatic heterocycles. The Hall–Kier alpha value is -1.95. The highest BCUT2D eigenvalue weighted by molar-refractivity contribution is 6.99. The molecule has 35 heavy (non-hydrogen) atoms. The lowest BCUT2D eigenvalue weighted by Gasteiger charge is -2.43. The van der Waals surface area contributed by atoms with Gasteiger partial charge in [0.15, 0.2) is 6.79 Å². The van der Waals surface area contributed by atoms with E-state index in [1.807, 2.05) is 0 Å². The van der Waals surface area contributed by atoms with E-state index in [1.165, 1.54) is 56.0 Å². The van der Waals surface area contributed by atoms with Gasteiger partial charge < -0.3 is 13.9 Å². The zero-order valence-electron chi connectivity index (χ0n) is 22.4. The maximum atomic E-state index is 11.4. The van der Waals surface area contributed by atoms with Crippen LogP contribution >= 0.6 is 0 Å². The normalized spacial score (nSPS) is 12.0. The third-order valence-electron chi connectivity index (χ3n) is 6.60. The second-order valence-corrected chi connectivity index (χ2v) is 14.7. The van der Waals surface area contributed by atoms with Crippen LogP contribution in [0.4, 0.5) is 0 Å². The molecule has 0 spiro atoms. The minimum atomic E-state index is -2.40. The lowest BCUT2D eigenvalue weighted by molar-refractivity contribution is -0.154. The standard InChI is InChI=1S/C30H46O4Si/c1-30(2,3)35(27-20-14-12-15-21-27,28-22-16-13-17-23-28)34-25-19-11-9-7-5-6-8-10-18-24-29(31)33-26-32-4/h12-17,20-23H,5-11,18-19,24-26H2,1-4H3. The van der Waals surface area contributed by atoms with Gasteiger partial charge in [-0.3, -0.25) is 4.79 Å². The van der Waals surface area contributed by atoms with E-state index in [4.69, 9.17) is 13.9 Å². The quantitative estimate of drug-likeness (QED) is 0.107. The summed E-state index contributed by atoms with van der Waals surface area (Å²) in [5.41, 5.74) is 0. The molecule has 2 aromatic rings. The van der Waals surface area contributed by atoms with Gasteiger partial charge in [-0.15, -0.1) is 0 Å². The summed E-state index contributed by atoms with van der Waals surface area (Å²) < 4.78 is 16.6. The van der Waals surface area contributed by atoms with Crippen LogP contribution in [0.15, 0.2) is 60.7 Å². The Balaban J connectivity index is 1.72. The molecule has 0 fully saturated rings. The van der Waals surface area contributed by atoms with Crippen LogP contribution in [0.2, 0.25) is 5.04 Å². The van der Waals surface area contributed by atoms with Gasteiger partial charge in [0, 0.05) is 20.1 Å². The van der Waals surface area contributed by atoms with Crippen LogP contribution in [0.5, 0.6) is 0 Å². The van der Waals surface area contributed by atoms with Gasteiger partial charge in [-0.2, -0.15) is 0 Å². The van der Waals surface area contributed by atoms with E-state index in [1.54, 1.807) is 0 Å². The van der Waals surface area contributed by atoms with Crippen molar-refractivity contribution in [3.05, 3.63) is 60.7 Å². The third-order valence-corrected chi connectivity index (χ3v) is 11.6. The summed E-state index contributed by atoms with van der Waals surface area (Å²) in [5, 5.41) is 2.74. The monoisotopic (exact) mass is 498 g/mol. The van der Waals surface area contributed by atoms with Gasteiger partial charge in [-0.05, 0) is 28.3 Å². The number of carbonyl (C=O) groups is 1. The molecule has 0 atom stereocenters. The average Bonchev–Trinajstić information content (AvgIpc) is 2.86. The van der Waals surface area contributed by atoms with Crippen LogP contribution in [-0.2, 0) is 18.7 Å². The zero-order valence-corrected chi connectivity index (χ0v) is 23.4. The summed E-state index contributed by atoms with van der Waals surface area (Å²) in [6.07, 6.45) is 11.0. The molecule has 0 aliphatic rings. The summed E-state index contributed by atoms with van der Waals surface area (Å²) in [6.45, 7) is 7.87. The van der Waals surface area contributed by atoms with Crippen molar-refractivity contribution in [3.8, 4) is 0 Å². The van der Waals surface area contributed by atoms with Gasteiger partial charge in [0.2, 0.25) is 0 Å². The van der Waals surface area contributed by atoms with Crippen molar-refractivity contribution in [3.63, 3.8) is 0 Å². The lowest BCUT2D eigenvalue weighted by atomic mass is 10.1. The Kier molecular flexibility index (Phi) is 13.3. The van der Waals surface area contributed by atoms with E-state index < -0.39 is 8.32 Å². The fourth-order valence-corrected chi connectivity index (χ4v) is 9.40. The van der Waals surface area contributed by atoms with E-state index in [-0.39, 0.29) is 17.8 Å². The van der Waals surface area contributed by atoms with E-state index in [0.29, 0.717) is 6.42 Å². The molecule has 0 radical (unpaired) electrons. The maximum Gasteiger partial charge on any atom is 0.307 e. The Morgan fingerprint density at radius 3 is 1.63 bits per heavy atom. The Morgan fingerprint density at radius 2 is 1.17 bits per heavy atom. The minimum Gasteiger partial charge on any atom is -0.438 e. The Labute approximate surface area is 214 Å². The first-order valence-corrected chi connectivity index (χ1v) is 15.2. The number of methoxy groups -OCH3 is 1. The van der Waals surface area contributed by atoms with Gasteiger partial charge in [0.05, 0.1) is 0 Å². The molecule has 0 aliphatic carbocycles. The number of unbranched alkanes of at least 4 members (excludes halogenated alkanes) is 8. The van der Waals surface area contributed by atoms with Gasteiger partial charge >= 0.3 is 5.97 Å². The zero-order chi connectivity index (χ0) is 25.4. The van der Waals surface area contributed by atoms with Crippen molar-refractivity contribution < 1.29 is 18.7 Å². The molecule has 4 nitrogen and oxygen atoms in total. The molecule has 5 heteroatoms. The first-order chi connectivity index (χ1) is 16.9. The molecule has 0 N–H and O–H groups in total. The molecule has 2 aromatic carbocycles. The first-order valence-electron chi connectivity index (χ1n) is 13.3. The highest BCUT2D eigenvalue weighted by Crippen LogP contribution is 2.36. The number of ether oxygens (including phenoxy) is 2. The van der Waals surface area contributed by atoms with E-state index >= 15 is 0 Å². The van der Waals surface area contributed by atoms with Crippen LogP contribution in [0, 0.1) is 0 Å². The van der Waals surface area contributed by atoms with Crippen molar-refractivity contribution in [2.75, 3.05) is 20.5 Å². The average molecular weight is 499 g/mol. The number of carbonyl (C=O) groups excluding carboxylic acids is 1. The van der Waals surface area contributed by atoms with Crippen molar-refractivity contribution >= 4 is 24.7 Å². The van der Waals surface area contributed by atoms with E-state index in [2.05, 4.69) is 81.4 Å². The highest BCUT2D eigenvalue weighted by Gasteiger charge is 2.49. The van der Waals surface area contributed by atoms with Crippen LogP contribution in [-0.4, -0.2) is 34.8 Å². The molecule has 0 bridgehead atoms. The lowest BCUT2D eigenvalue weighted by Crippen LogP contribution is -2.66. The first kappa shape index (κ1) is 29.3. The molecular weight excluding hydrogens is 452 g/mol. The number of hydrogen-bond donors (Lipinski definition) is 0. The van der Waals surface area contributed by atoms with Crippen LogP contribution in [0.1, 0.15) is 85.0 Å². The van der Waals surface area contributed by atoms with Gasteiger partial charge in [-0.25, -0.2) is 0 Å². The molecule has 0 saturated heterocycles. The summed E-state index contributed by atoms with van der Waals surface area (Å²) >= 11 is 0. The molecule has 0 aliphatic heterocycles. The molecule has 0 amide bonds. The van der Waals surface area contributed by atoms with Crippen molar-refractivity contribution in [1.29, 1.82) is 0 Å².